The topological polar surface area (TPSA) is 44.7 Å². The standard InChI is InChI=1S/C14H30N2O2/c1-5-18-13-6-8-16(9-7-13)11-14(4,17)10-15-12(2)3/h12-13,15,17H,5-11H2,1-4H3. The maximum absolute atomic E-state index is 10.3. The van der Waals surface area contributed by atoms with Gasteiger partial charge in [-0.2, -0.15) is 0 Å². The monoisotopic (exact) mass is 258 g/mol. The van der Waals surface area contributed by atoms with Crippen LogP contribution in [0.2, 0.25) is 0 Å². The highest BCUT2D eigenvalue weighted by atomic mass is 16.5. The summed E-state index contributed by atoms with van der Waals surface area (Å²) >= 11 is 0. The smallest absolute Gasteiger partial charge is 0.0869 e. The van der Waals surface area contributed by atoms with Crippen molar-refractivity contribution in [3.63, 3.8) is 0 Å². The molecule has 0 amide bonds. The van der Waals surface area contributed by atoms with Gasteiger partial charge in [-0.05, 0) is 26.7 Å². The Kier molecular flexibility index (Phi) is 6.57. The van der Waals surface area contributed by atoms with Gasteiger partial charge in [-0.1, -0.05) is 13.8 Å². The molecule has 0 radical (unpaired) electrons. The molecule has 0 spiro atoms. The van der Waals surface area contributed by atoms with Gasteiger partial charge in [-0.3, -0.25) is 0 Å². The molecule has 0 aromatic rings. The molecule has 4 nitrogen and oxygen atoms in total. The molecule has 2 N–H and O–H groups in total. The highest BCUT2D eigenvalue weighted by molar-refractivity contribution is 4.83. The molecular formula is C14H30N2O2. The van der Waals surface area contributed by atoms with Crippen molar-refractivity contribution in [3.05, 3.63) is 0 Å². The Morgan fingerprint density at radius 1 is 1.39 bits per heavy atom. The first kappa shape index (κ1) is 15.9. The van der Waals surface area contributed by atoms with E-state index >= 15 is 0 Å². The van der Waals surface area contributed by atoms with Crippen molar-refractivity contribution in [1.82, 2.24) is 10.2 Å². The van der Waals surface area contributed by atoms with Gasteiger partial charge in [0.05, 0.1) is 11.7 Å². The minimum Gasteiger partial charge on any atom is -0.388 e. The normalized spacial score (nSPS) is 22.3. The molecule has 0 aromatic carbocycles. The summed E-state index contributed by atoms with van der Waals surface area (Å²) in [5.74, 6) is 0. The first-order chi connectivity index (χ1) is 8.43. The van der Waals surface area contributed by atoms with Gasteiger partial charge in [0.2, 0.25) is 0 Å². The van der Waals surface area contributed by atoms with E-state index in [1.54, 1.807) is 0 Å². The number of hydrogen-bond donors (Lipinski definition) is 2. The molecule has 0 aliphatic carbocycles. The Morgan fingerprint density at radius 3 is 2.50 bits per heavy atom. The van der Waals surface area contributed by atoms with Crippen LogP contribution < -0.4 is 5.32 Å². The first-order valence-corrected chi connectivity index (χ1v) is 7.22. The summed E-state index contributed by atoms with van der Waals surface area (Å²) in [6.45, 7) is 12.4. The molecule has 1 unspecified atom stereocenters. The fraction of sp³-hybridized carbons (Fsp3) is 1.00. The van der Waals surface area contributed by atoms with Crippen molar-refractivity contribution < 1.29 is 9.84 Å². The van der Waals surface area contributed by atoms with Crippen LogP contribution in [-0.2, 0) is 4.74 Å². The minimum atomic E-state index is -0.650. The number of β-amino-alcohol motifs (C(OH)–C–C–N with tert-alkyl or cyclic N) is 1. The summed E-state index contributed by atoms with van der Waals surface area (Å²) in [5, 5.41) is 13.7. The van der Waals surface area contributed by atoms with E-state index in [1.165, 1.54) is 0 Å². The van der Waals surface area contributed by atoms with Crippen molar-refractivity contribution >= 4 is 0 Å². The second-order valence-electron chi connectivity index (χ2n) is 5.96. The van der Waals surface area contributed by atoms with E-state index in [1.807, 2.05) is 6.92 Å². The molecular weight excluding hydrogens is 228 g/mol. The fourth-order valence-corrected chi connectivity index (χ4v) is 2.43. The number of aliphatic hydroxyl groups is 1. The first-order valence-electron chi connectivity index (χ1n) is 7.22. The van der Waals surface area contributed by atoms with Crippen LogP contribution in [0, 0.1) is 0 Å². The van der Waals surface area contributed by atoms with Crippen LogP contribution in [0.1, 0.15) is 40.5 Å². The van der Waals surface area contributed by atoms with Crippen molar-refractivity contribution in [2.45, 2.75) is 58.3 Å². The molecule has 0 saturated carbocycles. The molecule has 108 valence electrons. The Bertz CT molecular complexity index is 224. The van der Waals surface area contributed by atoms with Gasteiger partial charge in [0.15, 0.2) is 0 Å². The zero-order valence-corrected chi connectivity index (χ0v) is 12.4. The van der Waals surface area contributed by atoms with Crippen LogP contribution in [-0.4, -0.2) is 60.5 Å². The summed E-state index contributed by atoms with van der Waals surface area (Å²) in [7, 11) is 0. The zero-order valence-electron chi connectivity index (χ0n) is 12.4. The molecule has 1 heterocycles. The summed E-state index contributed by atoms with van der Waals surface area (Å²) in [6, 6.07) is 0.417. The molecule has 1 saturated heterocycles. The Morgan fingerprint density at radius 2 is 2.00 bits per heavy atom. The van der Waals surface area contributed by atoms with Crippen LogP contribution >= 0.6 is 0 Å². The van der Waals surface area contributed by atoms with Gasteiger partial charge >= 0.3 is 0 Å². The molecule has 0 bridgehead atoms. The number of hydrogen-bond acceptors (Lipinski definition) is 4. The Balaban J connectivity index is 2.26. The predicted molar refractivity (Wildman–Crippen MR) is 74.9 cm³/mol. The largest absolute Gasteiger partial charge is 0.388 e. The predicted octanol–water partition coefficient (Wildman–Crippen LogP) is 1.24. The van der Waals surface area contributed by atoms with Gasteiger partial charge in [-0.25, -0.2) is 0 Å². The second kappa shape index (κ2) is 7.43. The molecule has 18 heavy (non-hydrogen) atoms. The third-order valence-electron chi connectivity index (χ3n) is 3.39. The van der Waals surface area contributed by atoms with E-state index in [2.05, 4.69) is 31.0 Å². The highest BCUT2D eigenvalue weighted by Gasteiger charge is 2.27. The van der Waals surface area contributed by atoms with E-state index < -0.39 is 5.60 Å². The molecule has 1 aliphatic heterocycles. The number of nitrogens with zero attached hydrogens (tertiary/aromatic N) is 1. The van der Waals surface area contributed by atoms with Crippen molar-refractivity contribution in [2.24, 2.45) is 0 Å². The van der Waals surface area contributed by atoms with Crippen LogP contribution in [0.3, 0.4) is 0 Å². The van der Waals surface area contributed by atoms with Crippen LogP contribution in [0.25, 0.3) is 0 Å². The van der Waals surface area contributed by atoms with Crippen LogP contribution in [0.4, 0.5) is 0 Å². The molecule has 1 atom stereocenters. The van der Waals surface area contributed by atoms with Crippen LogP contribution in [0.15, 0.2) is 0 Å². The average Bonchev–Trinajstić information content (AvgIpc) is 2.29. The number of nitrogens with one attached hydrogen (secondary N) is 1. The number of likely N-dealkylation sites (tertiary alicyclic amines) is 1. The SMILES string of the molecule is CCOC1CCN(CC(C)(O)CNC(C)C)CC1. The number of piperidine rings is 1. The number of ether oxygens (including phenoxy) is 1. The third-order valence-corrected chi connectivity index (χ3v) is 3.39. The van der Waals surface area contributed by atoms with Gasteiger partial charge < -0.3 is 20.1 Å². The van der Waals surface area contributed by atoms with Gasteiger partial charge in [0, 0.05) is 38.8 Å². The Labute approximate surface area is 112 Å². The van der Waals surface area contributed by atoms with E-state index in [9.17, 15) is 5.11 Å². The lowest BCUT2D eigenvalue weighted by Crippen LogP contribution is -2.51. The molecule has 1 rings (SSSR count). The molecule has 0 aromatic heterocycles. The minimum absolute atomic E-state index is 0.417. The lowest BCUT2D eigenvalue weighted by Gasteiger charge is -2.36. The van der Waals surface area contributed by atoms with E-state index in [-0.39, 0.29) is 0 Å². The molecule has 4 heteroatoms. The van der Waals surface area contributed by atoms with Gasteiger partial charge in [0.25, 0.3) is 0 Å². The maximum atomic E-state index is 10.3. The maximum Gasteiger partial charge on any atom is 0.0869 e. The quantitative estimate of drug-likeness (QED) is 0.721. The van der Waals surface area contributed by atoms with Crippen molar-refractivity contribution in [1.29, 1.82) is 0 Å². The third kappa shape index (κ3) is 6.14. The van der Waals surface area contributed by atoms with Gasteiger partial charge in [-0.15, -0.1) is 0 Å². The van der Waals surface area contributed by atoms with Crippen LogP contribution in [0.5, 0.6) is 0 Å². The summed E-state index contributed by atoms with van der Waals surface area (Å²) < 4.78 is 5.64. The summed E-state index contributed by atoms with van der Waals surface area (Å²) in [4.78, 5) is 2.34. The summed E-state index contributed by atoms with van der Waals surface area (Å²) in [6.07, 6.45) is 2.59. The Hall–Kier alpha value is -0.160. The summed E-state index contributed by atoms with van der Waals surface area (Å²) in [5.41, 5.74) is -0.650. The van der Waals surface area contributed by atoms with Crippen molar-refractivity contribution in [2.75, 3.05) is 32.8 Å². The average molecular weight is 258 g/mol. The second-order valence-corrected chi connectivity index (χ2v) is 5.96. The van der Waals surface area contributed by atoms with Crippen molar-refractivity contribution in [3.8, 4) is 0 Å². The molecule has 1 fully saturated rings. The fourth-order valence-electron chi connectivity index (χ4n) is 2.43. The zero-order chi connectivity index (χ0) is 13.6. The molecule has 1 aliphatic rings. The van der Waals surface area contributed by atoms with E-state index in [4.69, 9.17) is 4.74 Å². The number of rotatable bonds is 7. The highest BCUT2D eigenvalue weighted by Crippen LogP contribution is 2.16. The van der Waals surface area contributed by atoms with Gasteiger partial charge in [0.1, 0.15) is 0 Å². The van der Waals surface area contributed by atoms with E-state index in [0.29, 0.717) is 18.7 Å². The lowest BCUT2D eigenvalue weighted by atomic mass is 10.0. The lowest BCUT2D eigenvalue weighted by molar-refractivity contribution is -0.0213. The van der Waals surface area contributed by atoms with E-state index in [0.717, 1.165) is 39.1 Å².